The zero-order chi connectivity index (χ0) is 21.5. The first-order valence-corrected chi connectivity index (χ1v) is 10.5. The zero-order valence-corrected chi connectivity index (χ0v) is 18.4. The van der Waals surface area contributed by atoms with Crippen molar-refractivity contribution >= 4 is 11.6 Å². The SMILES string of the molecule is CCOc1ccc(C(=O)N(Cc2ccc(N(C)C)cc2)CC2CCCO2)cc1OC. The quantitative estimate of drug-likeness (QED) is 0.624. The third kappa shape index (κ3) is 5.45. The molecule has 162 valence electrons. The first-order chi connectivity index (χ1) is 14.5. The van der Waals surface area contributed by atoms with Gasteiger partial charge in [-0.1, -0.05) is 12.1 Å². The second-order valence-corrected chi connectivity index (χ2v) is 7.68. The molecule has 1 saturated heterocycles. The van der Waals surface area contributed by atoms with Gasteiger partial charge >= 0.3 is 0 Å². The fourth-order valence-electron chi connectivity index (χ4n) is 3.63. The van der Waals surface area contributed by atoms with E-state index in [1.165, 1.54) is 0 Å². The Balaban J connectivity index is 1.82. The molecule has 6 nitrogen and oxygen atoms in total. The van der Waals surface area contributed by atoms with Crippen LogP contribution in [0.4, 0.5) is 5.69 Å². The molecule has 1 unspecified atom stereocenters. The number of hydrogen-bond donors (Lipinski definition) is 0. The molecule has 0 aliphatic carbocycles. The van der Waals surface area contributed by atoms with Crippen molar-refractivity contribution in [1.82, 2.24) is 4.90 Å². The summed E-state index contributed by atoms with van der Waals surface area (Å²) in [5.74, 6) is 1.17. The second kappa shape index (κ2) is 10.3. The van der Waals surface area contributed by atoms with Crippen LogP contribution in [0.5, 0.6) is 11.5 Å². The topological polar surface area (TPSA) is 51.2 Å². The molecule has 0 radical (unpaired) electrons. The Labute approximate surface area is 179 Å². The van der Waals surface area contributed by atoms with Gasteiger partial charge in [0.15, 0.2) is 11.5 Å². The van der Waals surface area contributed by atoms with Crippen LogP contribution in [0, 0.1) is 0 Å². The van der Waals surface area contributed by atoms with Gasteiger partial charge in [0.25, 0.3) is 5.91 Å². The minimum Gasteiger partial charge on any atom is -0.493 e. The predicted octanol–water partition coefficient (Wildman–Crippen LogP) is 3.98. The lowest BCUT2D eigenvalue weighted by atomic mass is 10.1. The summed E-state index contributed by atoms with van der Waals surface area (Å²) < 4.78 is 16.8. The molecular weight excluding hydrogens is 380 g/mol. The molecular formula is C24H32N2O4. The summed E-state index contributed by atoms with van der Waals surface area (Å²) in [4.78, 5) is 17.3. The van der Waals surface area contributed by atoms with E-state index in [1.54, 1.807) is 25.3 Å². The number of hydrogen-bond acceptors (Lipinski definition) is 5. The Morgan fingerprint density at radius 2 is 1.90 bits per heavy atom. The average molecular weight is 413 g/mol. The predicted molar refractivity (Wildman–Crippen MR) is 119 cm³/mol. The molecule has 1 aliphatic heterocycles. The van der Waals surface area contributed by atoms with Gasteiger partial charge in [0.2, 0.25) is 0 Å². The van der Waals surface area contributed by atoms with E-state index in [2.05, 4.69) is 29.2 Å². The Morgan fingerprint density at radius 3 is 2.50 bits per heavy atom. The number of nitrogens with zero attached hydrogens (tertiary/aromatic N) is 2. The molecule has 1 heterocycles. The number of anilines is 1. The first-order valence-electron chi connectivity index (χ1n) is 10.5. The number of rotatable bonds is 9. The molecule has 1 fully saturated rings. The summed E-state index contributed by atoms with van der Waals surface area (Å²) in [6.45, 7) is 4.33. The molecule has 6 heteroatoms. The van der Waals surface area contributed by atoms with Gasteiger partial charge in [-0.05, 0) is 55.7 Å². The van der Waals surface area contributed by atoms with Crippen LogP contribution in [-0.2, 0) is 11.3 Å². The molecule has 0 N–H and O–H groups in total. The summed E-state index contributed by atoms with van der Waals surface area (Å²) in [5, 5.41) is 0. The third-order valence-corrected chi connectivity index (χ3v) is 5.27. The molecule has 0 bridgehead atoms. The molecule has 1 atom stereocenters. The summed E-state index contributed by atoms with van der Waals surface area (Å²) in [6, 6.07) is 13.6. The monoisotopic (exact) mass is 412 g/mol. The summed E-state index contributed by atoms with van der Waals surface area (Å²) >= 11 is 0. The summed E-state index contributed by atoms with van der Waals surface area (Å²) in [5.41, 5.74) is 2.80. The van der Waals surface area contributed by atoms with Gasteiger partial charge in [-0.15, -0.1) is 0 Å². The largest absolute Gasteiger partial charge is 0.493 e. The van der Waals surface area contributed by atoms with Crippen LogP contribution >= 0.6 is 0 Å². The van der Waals surface area contributed by atoms with Crippen LogP contribution in [0.3, 0.4) is 0 Å². The molecule has 2 aromatic carbocycles. The Bertz CT molecular complexity index is 830. The molecule has 1 aliphatic rings. The lowest BCUT2D eigenvalue weighted by Gasteiger charge is -2.26. The van der Waals surface area contributed by atoms with Gasteiger partial charge in [-0.2, -0.15) is 0 Å². The van der Waals surface area contributed by atoms with Crippen LogP contribution in [0.1, 0.15) is 35.7 Å². The summed E-state index contributed by atoms with van der Waals surface area (Å²) in [7, 11) is 5.62. The lowest BCUT2D eigenvalue weighted by Crippen LogP contribution is -2.37. The fraction of sp³-hybridized carbons (Fsp3) is 0.458. The van der Waals surface area contributed by atoms with E-state index in [0.717, 1.165) is 30.7 Å². The molecule has 0 spiro atoms. The minimum absolute atomic E-state index is 0.0384. The maximum Gasteiger partial charge on any atom is 0.254 e. The van der Waals surface area contributed by atoms with Crippen molar-refractivity contribution in [1.29, 1.82) is 0 Å². The van der Waals surface area contributed by atoms with Crippen molar-refractivity contribution in [2.75, 3.05) is 45.9 Å². The second-order valence-electron chi connectivity index (χ2n) is 7.68. The van der Waals surface area contributed by atoms with Crippen molar-refractivity contribution in [2.24, 2.45) is 0 Å². The van der Waals surface area contributed by atoms with Crippen LogP contribution in [0.15, 0.2) is 42.5 Å². The van der Waals surface area contributed by atoms with Crippen molar-refractivity contribution in [2.45, 2.75) is 32.4 Å². The smallest absolute Gasteiger partial charge is 0.254 e. The fourth-order valence-corrected chi connectivity index (χ4v) is 3.63. The number of ether oxygens (including phenoxy) is 3. The van der Waals surface area contributed by atoms with Gasteiger partial charge in [-0.25, -0.2) is 0 Å². The Morgan fingerprint density at radius 1 is 1.13 bits per heavy atom. The number of amides is 1. The van der Waals surface area contributed by atoms with Gasteiger partial charge in [0, 0.05) is 45.0 Å². The minimum atomic E-state index is -0.0384. The van der Waals surface area contributed by atoms with E-state index in [9.17, 15) is 4.79 Å². The molecule has 0 saturated carbocycles. The number of methoxy groups -OCH3 is 1. The molecule has 2 aromatic rings. The van der Waals surface area contributed by atoms with E-state index in [-0.39, 0.29) is 12.0 Å². The standard InChI is InChI=1S/C24H32N2O4/c1-5-29-22-13-10-19(15-23(22)28-4)24(27)26(17-21-7-6-14-30-21)16-18-8-11-20(12-9-18)25(2)3/h8-13,15,21H,5-7,14,16-17H2,1-4H3. The van der Waals surface area contributed by atoms with Crippen LogP contribution in [0.25, 0.3) is 0 Å². The molecule has 0 aromatic heterocycles. The van der Waals surface area contributed by atoms with Gasteiger partial charge in [0.1, 0.15) is 0 Å². The van der Waals surface area contributed by atoms with Crippen molar-refractivity contribution < 1.29 is 19.0 Å². The van der Waals surface area contributed by atoms with E-state index < -0.39 is 0 Å². The highest BCUT2D eigenvalue weighted by Gasteiger charge is 2.24. The number of carbonyl (C=O) groups is 1. The summed E-state index contributed by atoms with van der Waals surface area (Å²) in [6.07, 6.45) is 2.11. The van der Waals surface area contributed by atoms with E-state index in [0.29, 0.717) is 36.8 Å². The van der Waals surface area contributed by atoms with E-state index in [4.69, 9.17) is 14.2 Å². The highest BCUT2D eigenvalue weighted by atomic mass is 16.5. The Hall–Kier alpha value is -2.73. The molecule has 30 heavy (non-hydrogen) atoms. The zero-order valence-electron chi connectivity index (χ0n) is 18.4. The van der Waals surface area contributed by atoms with Crippen LogP contribution < -0.4 is 14.4 Å². The first kappa shape index (κ1) is 22.0. The molecule has 3 rings (SSSR count). The normalized spacial score (nSPS) is 15.7. The van der Waals surface area contributed by atoms with Gasteiger partial charge in [-0.3, -0.25) is 4.79 Å². The van der Waals surface area contributed by atoms with Crippen molar-refractivity contribution in [3.8, 4) is 11.5 Å². The maximum absolute atomic E-state index is 13.4. The lowest BCUT2D eigenvalue weighted by molar-refractivity contribution is 0.0507. The average Bonchev–Trinajstić information content (AvgIpc) is 3.27. The van der Waals surface area contributed by atoms with Gasteiger partial charge < -0.3 is 24.0 Å². The number of carbonyl (C=O) groups excluding carboxylic acids is 1. The van der Waals surface area contributed by atoms with Crippen LogP contribution in [0.2, 0.25) is 0 Å². The van der Waals surface area contributed by atoms with Crippen LogP contribution in [-0.4, -0.2) is 57.9 Å². The van der Waals surface area contributed by atoms with Crippen molar-refractivity contribution in [3.63, 3.8) is 0 Å². The maximum atomic E-state index is 13.4. The highest BCUT2D eigenvalue weighted by molar-refractivity contribution is 5.95. The van der Waals surface area contributed by atoms with E-state index >= 15 is 0 Å². The van der Waals surface area contributed by atoms with Gasteiger partial charge in [0.05, 0.1) is 19.8 Å². The van der Waals surface area contributed by atoms with E-state index in [1.807, 2.05) is 25.9 Å². The third-order valence-electron chi connectivity index (χ3n) is 5.27. The Kier molecular flexibility index (Phi) is 7.57. The van der Waals surface area contributed by atoms with Crippen molar-refractivity contribution in [3.05, 3.63) is 53.6 Å². The number of benzene rings is 2. The highest BCUT2D eigenvalue weighted by Crippen LogP contribution is 2.29. The molecule has 1 amide bonds.